The van der Waals surface area contributed by atoms with Crippen LogP contribution in [0.1, 0.15) is 45.1 Å². The molecule has 1 saturated carbocycles. The van der Waals surface area contributed by atoms with Gasteiger partial charge in [0.15, 0.2) is 5.82 Å². The Morgan fingerprint density at radius 1 is 1.45 bits per heavy atom. The van der Waals surface area contributed by atoms with Crippen LogP contribution in [0.15, 0.2) is 12.3 Å². The Morgan fingerprint density at radius 2 is 2.32 bits per heavy atom. The van der Waals surface area contributed by atoms with Gasteiger partial charge in [0.25, 0.3) is 5.91 Å². The maximum atomic E-state index is 12.0. The van der Waals surface area contributed by atoms with E-state index in [2.05, 4.69) is 22.7 Å². The van der Waals surface area contributed by atoms with Gasteiger partial charge in [0, 0.05) is 18.8 Å². The predicted molar refractivity (Wildman–Crippen MR) is 84.8 cm³/mol. The molecule has 2 fully saturated rings. The molecule has 1 aliphatic carbocycles. The van der Waals surface area contributed by atoms with Gasteiger partial charge < -0.3 is 15.4 Å². The van der Waals surface area contributed by atoms with E-state index in [4.69, 9.17) is 4.74 Å². The lowest BCUT2D eigenvalue weighted by atomic mass is 9.88. The lowest BCUT2D eigenvalue weighted by Crippen LogP contribution is -2.29. The van der Waals surface area contributed by atoms with E-state index in [-0.39, 0.29) is 18.6 Å². The second-order valence-electron chi connectivity index (χ2n) is 6.49. The van der Waals surface area contributed by atoms with Gasteiger partial charge in [0.1, 0.15) is 6.61 Å². The molecular weight excluding hydrogens is 280 g/mol. The fraction of sp³-hybridized carbons (Fsp3) is 0.750. The maximum absolute atomic E-state index is 12.0. The number of rotatable bonds is 5. The van der Waals surface area contributed by atoms with Crippen LogP contribution in [0.25, 0.3) is 0 Å². The van der Waals surface area contributed by atoms with Gasteiger partial charge >= 0.3 is 0 Å². The molecule has 1 amide bonds. The summed E-state index contributed by atoms with van der Waals surface area (Å²) < 4.78 is 7.71. The molecule has 0 radical (unpaired) electrons. The SMILES string of the molecule is C[C@@H]1CCCC[C@@H]1OCC(=O)Nc1ccn([C@H]2CCNC2)n1. The summed E-state index contributed by atoms with van der Waals surface area (Å²) in [5, 5.41) is 10.6. The summed E-state index contributed by atoms with van der Waals surface area (Å²) in [7, 11) is 0. The monoisotopic (exact) mass is 306 g/mol. The molecule has 22 heavy (non-hydrogen) atoms. The third-order valence-electron chi connectivity index (χ3n) is 4.75. The first-order valence-electron chi connectivity index (χ1n) is 8.39. The van der Waals surface area contributed by atoms with Crippen LogP contribution in [0, 0.1) is 5.92 Å². The predicted octanol–water partition coefficient (Wildman–Crippen LogP) is 1.95. The number of carbonyl (C=O) groups is 1. The van der Waals surface area contributed by atoms with Crippen LogP contribution < -0.4 is 10.6 Å². The first kappa shape index (κ1) is 15.5. The molecule has 3 atom stereocenters. The van der Waals surface area contributed by atoms with E-state index in [9.17, 15) is 4.79 Å². The topological polar surface area (TPSA) is 68.2 Å². The van der Waals surface area contributed by atoms with Gasteiger partial charge in [-0.2, -0.15) is 5.10 Å². The highest BCUT2D eigenvalue weighted by molar-refractivity contribution is 5.90. The molecule has 2 aliphatic rings. The van der Waals surface area contributed by atoms with E-state index >= 15 is 0 Å². The molecule has 6 nitrogen and oxygen atoms in total. The average molecular weight is 306 g/mol. The Hall–Kier alpha value is -1.40. The molecule has 3 rings (SSSR count). The number of amides is 1. The fourth-order valence-electron chi connectivity index (χ4n) is 3.36. The van der Waals surface area contributed by atoms with E-state index in [0.717, 1.165) is 25.9 Å². The van der Waals surface area contributed by atoms with Crippen molar-refractivity contribution in [2.24, 2.45) is 5.92 Å². The minimum absolute atomic E-state index is 0.118. The van der Waals surface area contributed by atoms with Crippen molar-refractivity contribution in [1.82, 2.24) is 15.1 Å². The summed E-state index contributed by atoms with van der Waals surface area (Å²) in [6, 6.07) is 2.24. The van der Waals surface area contributed by atoms with Gasteiger partial charge in [-0.15, -0.1) is 0 Å². The Labute approximate surface area is 131 Å². The third kappa shape index (κ3) is 3.87. The van der Waals surface area contributed by atoms with E-state index in [0.29, 0.717) is 17.8 Å². The molecular formula is C16H26N4O2. The molecule has 0 bridgehead atoms. The number of hydrogen-bond donors (Lipinski definition) is 2. The van der Waals surface area contributed by atoms with E-state index in [1.165, 1.54) is 19.3 Å². The van der Waals surface area contributed by atoms with Crippen LogP contribution in [0.2, 0.25) is 0 Å². The zero-order valence-electron chi connectivity index (χ0n) is 13.3. The van der Waals surface area contributed by atoms with Crippen molar-refractivity contribution < 1.29 is 9.53 Å². The van der Waals surface area contributed by atoms with Crippen molar-refractivity contribution in [3.8, 4) is 0 Å². The standard InChI is InChI=1S/C16H26N4O2/c1-12-4-2-3-5-14(12)22-11-16(21)18-15-7-9-20(19-15)13-6-8-17-10-13/h7,9,12-14,17H,2-6,8,10-11H2,1H3,(H,18,19,21)/t12-,13+,14+/m1/s1. The van der Waals surface area contributed by atoms with Crippen molar-refractivity contribution in [2.75, 3.05) is 25.0 Å². The van der Waals surface area contributed by atoms with Gasteiger partial charge in [0.2, 0.25) is 0 Å². The number of hydrogen-bond acceptors (Lipinski definition) is 4. The van der Waals surface area contributed by atoms with Crippen LogP contribution in [-0.4, -0.2) is 41.5 Å². The van der Waals surface area contributed by atoms with E-state index in [1.807, 2.05) is 16.9 Å². The zero-order chi connectivity index (χ0) is 15.4. The summed E-state index contributed by atoms with van der Waals surface area (Å²) in [4.78, 5) is 12.0. The van der Waals surface area contributed by atoms with E-state index < -0.39 is 0 Å². The van der Waals surface area contributed by atoms with Crippen molar-refractivity contribution in [2.45, 2.75) is 51.2 Å². The molecule has 0 spiro atoms. The highest BCUT2D eigenvalue weighted by Crippen LogP contribution is 2.26. The minimum Gasteiger partial charge on any atom is -0.368 e. The van der Waals surface area contributed by atoms with Gasteiger partial charge in [-0.3, -0.25) is 9.48 Å². The van der Waals surface area contributed by atoms with Gasteiger partial charge in [-0.05, 0) is 31.7 Å². The molecule has 122 valence electrons. The van der Waals surface area contributed by atoms with Gasteiger partial charge in [-0.1, -0.05) is 19.8 Å². The molecule has 0 aromatic carbocycles. The van der Waals surface area contributed by atoms with Crippen molar-refractivity contribution in [3.05, 3.63) is 12.3 Å². The van der Waals surface area contributed by atoms with Gasteiger partial charge in [-0.25, -0.2) is 0 Å². The average Bonchev–Trinajstić information content (AvgIpc) is 3.17. The summed E-state index contributed by atoms with van der Waals surface area (Å²) in [5.41, 5.74) is 0. The number of nitrogens with zero attached hydrogens (tertiary/aromatic N) is 2. The highest BCUT2D eigenvalue weighted by atomic mass is 16.5. The van der Waals surface area contributed by atoms with Crippen LogP contribution in [0.3, 0.4) is 0 Å². The Kier molecular flexibility index (Phi) is 5.10. The molecule has 0 unspecified atom stereocenters. The molecule has 1 aromatic rings. The Bertz CT molecular complexity index is 496. The molecule has 1 saturated heterocycles. The van der Waals surface area contributed by atoms with Crippen LogP contribution >= 0.6 is 0 Å². The molecule has 6 heteroatoms. The number of carbonyl (C=O) groups excluding carboxylic acids is 1. The molecule has 2 N–H and O–H groups in total. The van der Waals surface area contributed by atoms with Gasteiger partial charge in [0.05, 0.1) is 12.1 Å². The number of anilines is 1. The van der Waals surface area contributed by atoms with E-state index in [1.54, 1.807) is 0 Å². The summed E-state index contributed by atoms with van der Waals surface area (Å²) in [6.07, 6.45) is 7.98. The maximum Gasteiger partial charge on any atom is 0.251 e. The Balaban J connectivity index is 1.45. The van der Waals surface area contributed by atoms with Crippen molar-refractivity contribution in [1.29, 1.82) is 0 Å². The second kappa shape index (κ2) is 7.24. The molecule has 1 aromatic heterocycles. The van der Waals surface area contributed by atoms with Crippen LogP contribution in [-0.2, 0) is 9.53 Å². The highest BCUT2D eigenvalue weighted by Gasteiger charge is 2.23. The summed E-state index contributed by atoms with van der Waals surface area (Å²) in [6.45, 7) is 4.29. The molecule has 2 heterocycles. The number of aromatic nitrogens is 2. The quantitative estimate of drug-likeness (QED) is 0.872. The largest absolute Gasteiger partial charge is 0.368 e. The lowest BCUT2D eigenvalue weighted by Gasteiger charge is -2.28. The third-order valence-corrected chi connectivity index (χ3v) is 4.75. The molecule has 1 aliphatic heterocycles. The smallest absolute Gasteiger partial charge is 0.251 e. The van der Waals surface area contributed by atoms with Crippen LogP contribution in [0.5, 0.6) is 0 Å². The number of ether oxygens (including phenoxy) is 1. The van der Waals surface area contributed by atoms with Crippen LogP contribution in [0.4, 0.5) is 5.82 Å². The Morgan fingerprint density at radius 3 is 3.09 bits per heavy atom. The number of nitrogens with one attached hydrogen (secondary N) is 2. The van der Waals surface area contributed by atoms with Crippen molar-refractivity contribution >= 4 is 11.7 Å². The van der Waals surface area contributed by atoms with Crippen molar-refractivity contribution in [3.63, 3.8) is 0 Å². The minimum atomic E-state index is -0.118. The normalized spacial score (nSPS) is 28.7. The first-order valence-corrected chi connectivity index (χ1v) is 8.39. The summed E-state index contributed by atoms with van der Waals surface area (Å²) in [5.74, 6) is 1.04. The zero-order valence-corrected chi connectivity index (χ0v) is 13.3. The lowest BCUT2D eigenvalue weighted by molar-refractivity contribution is -0.124. The first-order chi connectivity index (χ1) is 10.7. The fourth-order valence-corrected chi connectivity index (χ4v) is 3.36. The second-order valence-corrected chi connectivity index (χ2v) is 6.49. The summed E-state index contributed by atoms with van der Waals surface area (Å²) >= 11 is 0.